The molecule has 0 fully saturated rings. The van der Waals surface area contributed by atoms with Gasteiger partial charge in [-0.25, -0.2) is 0 Å². The Morgan fingerprint density at radius 2 is 1.94 bits per heavy atom. The lowest BCUT2D eigenvalue weighted by atomic mass is 10.0. The van der Waals surface area contributed by atoms with Gasteiger partial charge in [-0.15, -0.1) is 0 Å². The third-order valence-electron chi connectivity index (χ3n) is 2.63. The topological polar surface area (TPSA) is 58.9 Å². The van der Waals surface area contributed by atoms with E-state index in [1.54, 1.807) is 30.4 Å². The molecule has 2 atom stereocenters. The number of hydrogen-bond acceptors (Lipinski definition) is 4. The highest BCUT2D eigenvalue weighted by molar-refractivity contribution is 5.46. The van der Waals surface area contributed by atoms with Gasteiger partial charge in [0.05, 0.1) is 0 Å². The molecule has 0 saturated heterocycles. The van der Waals surface area contributed by atoms with Crippen LogP contribution >= 0.6 is 0 Å². The second kappa shape index (κ2) is 3.10. The van der Waals surface area contributed by atoms with Gasteiger partial charge in [-0.05, 0) is 24.3 Å². The van der Waals surface area contributed by atoms with Crippen molar-refractivity contribution in [2.75, 3.05) is 0 Å². The summed E-state index contributed by atoms with van der Waals surface area (Å²) in [5.41, 5.74) is 0. The van der Waals surface area contributed by atoms with E-state index in [2.05, 4.69) is 0 Å². The molecule has 1 aromatic carbocycles. The zero-order valence-corrected chi connectivity index (χ0v) is 8.33. The zero-order valence-electron chi connectivity index (χ0n) is 8.33. The maximum absolute atomic E-state index is 10.2. The number of aliphatic hydroxyl groups excluding tert-OH is 1. The third-order valence-corrected chi connectivity index (χ3v) is 2.63. The number of hydrogen-bond donors (Lipinski definition) is 2. The van der Waals surface area contributed by atoms with E-state index in [0.29, 0.717) is 11.5 Å². The van der Waals surface area contributed by atoms with E-state index in [-0.39, 0.29) is 5.76 Å². The van der Waals surface area contributed by atoms with Crippen molar-refractivity contribution in [1.29, 1.82) is 0 Å². The average Bonchev–Trinajstić information content (AvgIpc) is 2.28. The summed E-state index contributed by atoms with van der Waals surface area (Å²) < 4.78 is 10.9. The van der Waals surface area contributed by atoms with E-state index in [1.807, 2.05) is 6.07 Å². The average molecular weight is 218 g/mol. The monoisotopic (exact) mass is 218 g/mol. The predicted octanol–water partition coefficient (Wildman–Crippen LogP) is 0.961. The molecular formula is C12H10O4. The van der Waals surface area contributed by atoms with Crippen LogP contribution in [-0.2, 0) is 0 Å². The van der Waals surface area contributed by atoms with Gasteiger partial charge in [0, 0.05) is 0 Å². The highest BCUT2D eigenvalue weighted by atomic mass is 16.7. The first-order valence-corrected chi connectivity index (χ1v) is 4.95. The molecule has 82 valence electrons. The molecule has 3 rings (SSSR count). The predicted molar refractivity (Wildman–Crippen MR) is 55.9 cm³/mol. The number of fused-ring (bicyclic) bond motifs is 2. The van der Waals surface area contributed by atoms with Crippen LogP contribution in [0.5, 0.6) is 11.5 Å². The van der Waals surface area contributed by atoms with E-state index < -0.39 is 11.9 Å². The second-order valence-corrected chi connectivity index (χ2v) is 3.71. The lowest BCUT2D eigenvalue weighted by molar-refractivity contribution is -0.190. The number of ether oxygens (including phenoxy) is 2. The summed E-state index contributed by atoms with van der Waals surface area (Å²) in [6.45, 7) is 0. The van der Waals surface area contributed by atoms with E-state index >= 15 is 0 Å². The molecule has 1 aliphatic heterocycles. The van der Waals surface area contributed by atoms with Crippen molar-refractivity contribution in [3.8, 4) is 11.5 Å². The molecule has 4 nitrogen and oxygen atoms in total. The fraction of sp³-hybridized carbons (Fsp3) is 0.167. The molecule has 0 aromatic heterocycles. The van der Waals surface area contributed by atoms with Gasteiger partial charge in [0.15, 0.2) is 17.3 Å². The molecule has 1 aliphatic carbocycles. The molecule has 16 heavy (non-hydrogen) atoms. The van der Waals surface area contributed by atoms with Crippen LogP contribution < -0.4 is 9.47 Å². The van der Waals surface area contributed by atoms with Crippen molar-refractivity contribution in [3.05, 3.63) is 48.3 Å². The van der Waals surface area contributed by atoms with Gasteiger partial charge < -0.3 is 19.7 Å². The summed E-state index contributed by atoms with van der Waals surface area (Å²) >= 11 is 0. The van der Waals surface area contributed by atoms with Crippen molar-refractivity contribution in [3.63, 3.8) is 0 Å². The van der Waals surface area contributed by atoms with Crippen LogP contribution in [0.1, 0.15) is 0 Å². The number of allylic oxidation sites excluding steroid dienone is 2. The Morgan fingerprint density at radius 1 is 1.19 bits per heavy atom. The summed E-state index contributed by atoms with van der Waals surface area (Å²) in [5.74, 6) is -0.679. The third kappa shape index (κ3) is 1.17. The van der Waals surface area contributed by atoms with Crippen molar-refractivity contribution in [2.45, 2.75) is 11.9 Å². The van der Waals surface area contributed by atoms with E-state index in [4.69, 9.17) is 9.47 Å². The quantitative estimate of drug-likeness (QED) is 0.681. The molecule has 2 N–H and O–H groups in total. The summed E-state index contributed by atoms with van der Waals surface area (Å²) in [6.07, 6.45) is 3.50. The van der Waals surface area contributed by atoms with E-state index in [1.165, 1.54) is 6.08 Å². The SMILES string of the molecule is O[C@H]1C=CC=C2Oc3ccccc3O[C@@]21O. The maximum Gasteiger partial charge on any atom is 0.297 e. The smallest absolute Gasteiger partial charge is 0.297 e. The minimum atomic E-state index is -1.82. The molecule has 4 heteroatoms. The van der Waals surface area contributed by atoms with Gasteiger partial charge in [-0.3, -0.25) is 0 Å². The number of rotatable bonds is 0. The first-order chi connectivity index (χ1) is 7.70. The van der Waals surface area contributed by atoms with Gasteiger partial charge in [0.1, 0.15) is 6.10 Å². The Labute approximate surface area is 92.0 Å². The molecule has 2 aliphatic rings. The second-order valence-electron chi connectivity index (χ2n) is 3.71. The summed E-state index contributed by atoms with van der Waals surface area (Å²) in [6, 6.07) is 6.99. The highest BCUT2D eigenvalue weighted by Gasteiger charge is 2.47. The van der Waals surface area contributed by atoms with Crippen molar-refractivity contribution < 1.29 is 19.7 Å². The number of benzene rings is 1. The molecule has 0 amide bonds. The van der Waals surface area contributed by atoms with E-state index in [0.717, 1.165) is 0 Å². The van der Waals surface area contributed by atoms with Crippen LogP contribution in [-0.4, -0.2) is 22.1 Å². The summed E-state index contributed by atoms with van der Waals surface area (Å²) in [4.78, 5) is 0. The van der Waals surface area contributed by atoms with Gasteiger partial charge in [-0.1, -0.05) is 18.2 Å². The lowest BCUT2D eigenvalue weighted by Crippen LogP contribution is -2.52. The van der Waals surface area contributed by atoms with Crippen LogP contribution in [0.2, 0.25) is 0 Å². The molecular weight excluding hydrogens is 208 g/mol. The molecule has 0 radical (unpaired) electrons. The van der Waals surface area contributed by atoms with Gasteiger partial charge in [0.25, 0.3) is 5.79 Å². The summed E-state index contributed by atoms with van der Waals surface area (Å²) in [5, 5.41) is 19.9. The first-order valence-electron chi connectivity index (χ1n) is 4.95. The van der Waals surface area contributed by atoms with E-state index in [9.17, 15) is 10.2 Å². The van der Waals surface area contributed by atoms with Crippen LogP contribution in [0.25, 0.3) is 0 Å². The molecule has 1 aromatic rings. The largest absolute Gasteiger partial charge is 0.451 e. The van der Waals surface area contributed by atoms with Crippen LogP contribution in [0.3, 0.4) is 0 Å². The highest BCUT2D eigenvalue weighted by Crippen LogP contribution is 2.41. The van der Waals surface area contributed by atoms with Crippen LogP contribution in [0.4, 0.5) is 0 Å². The van der Waals surface area contributed by atoms with Crippen molar-refractivity contribution in [1.82, 2.24) is 0 Å². The van der Waals surface area contributed by atoms with Gasteiger partial charge >= 0.3 is 0 Å². The Kier molecular flexibility index (Phi) is 1.83. The molecule has 0 bridgehead atoms. The molecule has 1 heterocycles. The Morgan fingerprint density at radius 3 is 2.75 bits per heavy atom. The summed E-state index contributed by atoms with van der Waals surface area (Å²) in [7, 11) is 0. The first kappa shape index (κ1) is 9.45. The Hall–Kier alpha value is -1.78. The number of aliphatic hydroxyl groups is 2. The van der Waals surface area contributed by atoms with Gasteiger partial charge in [-0.2, -0.15) is 0 Å². The van der Waals surface area contributed by atoms with Gasteiger partial charge in [0.2, 0.25) is 0 Å². The maximum atomic E-state index is 10.2. The van der Waals surface area contributed by atoms with Crippen molar-refractivity contribution in [2.24, 2.45) is 0 Å². The number of para-hydroxylation sites is 2. The van der Waals surface area contributed by atoms with Crippen LogP contribution in [0.15, 0.2) is 48.3 Å². The zero-order chi connectivity index (χ0) is 11.2. The normalized spacial score (nSPS) is 30.6. The lowest BCUT2D eigenvalue weighted by Gasteiger charge is -2.38. The molecule has 0 saturated carbocycles. The van der Waals surface area contributed by atoms with Crippen molar-refractivity contribution >= 4 is 0 Å². The van der Waals surface area contributed by atoms with Crippen LogP contribution in [0, 0.1) is 0 Å². The Balaban J connectivity index is 2.10. The Bertz CT molecular complexity index is 492. The fourth-order valence-electron chi connectivity index (χ4n) is 1.77. The minimum absolute atomic E-state index is 0.196. The molecule has 0 unspecified atom stereocenters. The minimum Gasteiger partial charge on any atom is -0.451 e. The molecule has 0 spiro atoms. The standard InChI is InChI=1S/C12H10O4/c13-10-6-3-7-11-12(10,14)16-9-5-2-1-4-8(9)15-11/h1-7,10,13-14H/t10-,12+/m0/s1. The fourth-order valence-corrected chi connectivity index (χ4v) is 1.77.